The number of carbonyl (C=O) groups is 1. The van der Waals surface area contributed by atoms with Crippen molar-refractivity contribution in [3.05, 3.63) is 77.0 Å². The Balaban J connectivity index is 1.64. The highest BCUT2D eigenvalue weighted by atomic mass is 16.5. The number of furan rings is 1. The van der Waals surface area contributed by atoms with Gasteiger partial charge in [0.25, 0.3) is 5.91 Å². The van der Waals surface area contributed by atoms with Crippen molar-refractivity contribution < 1.29 is 13.9 Å². The summed E-state index contributed by atoms with van der Waals surface area (Å²) in [5, 5.41) is 6.25. The molecular weight excluding hydrogens is 374 g/mol. The molecule has 0 radical (unpaired) electrons. The Bertz CT molecular complexity index is 1240. The first-order valence-electron chi connectivity index (χ1n) is 10.3. The second-order valence-electron chi connectivity index (χ2n) is 8.11. The van der Waals surface area contributed by atoms with Crippen LogP contribution in [0.3, 0.4) is 0 Å². The number of nitrogens with one attached hydrogen (secondary N) is 1. The summed E-state index contributed by atoms with van der Waals surface area (Å²) < 4.78 is 11.4. The maximum atomic E-state index is 13.0. The van der Waals surface area contributed by atoms with E-state index < -0.39 is 0 Å². The Kier molecular flexibility index (Phi) is 5.25. The topological polar surface area (TPSA) is 51.5 Å². The lowest BCUT2D eigenvalue weighted by Gasteiger charge is -2.20. The molecule has 0 bridgehead atoms. The van der Waals surface area contributed by atoms with E-state index in [1.165, 1.54) is 0 Å². The summed E-state index contributed by atoms with van der Waals surface area (Å²) in [6.07, 6.45) is 0. The number of carbonyl (C=O) groups excluding carboxylic acids is 1. The van der Waals surface area contributed by atoms with E-state index in [-0.39, 0.29) is 11.9 Å². The van der Waals surface area contributed by atoms with Gasteiger partial charge in [-0.15, -0.1) is 0 Å². The van der Waals surface area contributed by atoms with Crippen molar-refractivity contribution in [1.82, 2.24) is 5.32 Å². The minimum atomic E-state index is -0.218. The molecule has 0 spiro atoms. The van der Waals surface area contributed by atoms with Gasteiger partial charge in [0.2, 0.25) is 0 Å². The van der Waals surface area contributed by atoms with Crippen LogP contribution < -0.4 is 10.1 Å². The fourth-order valence-corrected chi connectivity index (χ4v) is 4.06. The van der Waals surface area contributed by atoms with Crippen molar-refractivity contribution in [2.45, 2.75) is 39.7 Å². The monoisotopic (exact) mass is 401 g/mol. The average Bonchev–Trinajstić information content (AvgIpc) is 3.18. The van der Waals surface area contributed by atoms with Gasteiger partial charge < -0.3 is 14.5 Å². The molecule has 4 nitrogen and oxygen atoms in total. The number of ether oxygens (including phenoxy) is 1. The molecule has 3 aromatic carbocycles. The third kappa shape index (κ3) is 3.54. The van der Waals surface area contributed by atoms with E-state index in [1.54, 1.807) is 7.11 Å². The van der Waals surface area contributed by atoms with E-state index in [9.17, 15) is 4.79 Å². The normalized spacial score (nSPS) is 12.5. The molecule has 4 aromatic rings. The van der Waals surface area contributed by atoms with E-state index in [0.717, 1.165) is 38.6 Å². The highest BCUT2D eigenvalue weighted by molar-refractivity contribution is 6.08. The number of hydrogen-bond acceptors (Lipinski definition) is 3. The predicted molar refractivity (Wildman–Crippen MR) is 121 cm³/mol. The lowest BCUT2D eigenvalue weighted by atomic mass is 9.93. The second kappa shape index (κ2) is 7.86. The average molecular weight is 402 g/mol. The fraction of sp³-hybridized carbons (Fsp3) is 0.269. The minimum absolute atomic E-state index is 0.161. The third-order valence-electron chi connectivity index (χ3n) is 5.70. The summed E-state index contributed by atoms with van der Waals surface area (Å²) in [5.41, 5.74) is 4.01. The van der Waals surface area contributed by atoms with Crippen LogP contribution >= 0.6 is 0 Å². The Morgan fingerprint density at radius 3 is 2.47 bits per heavy atom. The van der Waals surface area contributed by atoms with Crippen LogP contribution in [-0.2, 0) is 0 Å². The Hall–Kier alpha value is -3.27. The molecule has 4 heteroatoms. The van der Waals surface area contributed by atoms with E-state index in [4.69, 9.17) is 9.15 Å². The number of rotatable bonds is 5. The van der Waals surface area contributed by atoms with Crippen molar-refractivity contribution >= 4 is 27.6 Å². The van der Waals surface area contributed by atoms with E-state index >= 15 is 0 Å². The van der Waals surface area contributed by atoms with Crippen LogP contribution in [0.5, 0.6) is 5.75 Å². The lowest BCUT2D eigenvalue weighted by Crippen LogP contribution is -2.27. The van der Waals surface area contributed by atoms with E-state index in [1.807, 2.05) is 56.3 Å². The van der Waals surface area contributed by atoms with Crippen molar-refractivity contribution in [3.63, 3.8) is 0 Å². The highest BCUT2D eigenvalue weighted by Gasteiger charge is 2.20. The molecule has 1 atom stereocenters. The quantitative estimate of drug-likeness (QED) is 0.414. The van der Waals surface area contributed by atoms with E-state index in [2.05, 4.69) is 31.3 Å². The number of amides is 1. The van der Waals surface area contributed by atoms with Gasteiger partial charge in [-0.2, -0.15) is 0 Å². The first-order chi connectivity index (χ1) is 14.4. The molecule has 0 fully saturated rings. The smallest absolute Gasteiger partial charge is 0.287 e. The number of aryl methyl sites for hydroxylation is 1. The highest BCUT2D eigenvalue weighted by Crippen LogP contribution is 2.33. The summed E-state index contributed by atoms with van der Waals surface area (Å²) in [5.74, 6) is 1.31. The first-order valence-corrected chi connectivity index (χ1v) is 10.3. The molecule has 0 aliphatic rings. The van der Waals surface area contributed by atoms with Gasteiger partial charge >= 0.3 is 0 Å². The van der Waals surface area contributed by atoms with Crippen LogP contribution in [0.2, 0.25) is 0 Å². The SMILES string of the molecule is COc1cc(C)c(C(C)NC(=O)c2cc3c(ccc4ccccc43)o2)cc1C(C)C. The maximum absolute atomic E-state index is 13.0. The Morgan fingerprint density at radius 1 is 0.967 bits per heavy atom. The fourth-order valence-electron chi connectivity index (χ4n) is 4.06. The number of benzene rings is 3. The molecule has 1 heterocycles. The summed E-state index contributed by atoms with van der Waals surface area (Å²) in [6, 6.07) is 17.9. The molecule has 1 N–H and O–H groups in total. The second-order valence-corrected chi connectivity index (χ2v) is 8.11. The van der Waals surface area contributed by atoms with Gasteiger partial charge in [0.15, 0.2) is 5.76 Å². The molecule has 30 heavy (non-hydrogen) atoms. The zero-order valence-corrected chi connectivity index (χ0v) is 18.1. The molecule has 0 aliphatic heterocycles. The Morgan fingerprint density at radius 2 is 1.73 bits per heavy atom. The van der Waals surface area contributed by atoms with Crippen LogP contribution in [-0.4, -0.2) is 13.0 Å². The summed E-state index contributed by atoms with van der Waals surface area (Å²) in [4.78, 5) is 13.0. The van der Waals surface area contributed by atoms with Gasteiger partial charge in [0, 0.05) is 5.39 Å². The summed E-state index contributed by atoms with van der Waals surface area (Å²) in [6.45, 7) is 8.31. The van der Waals surface area contributed by atoms with Gasteiger partial charge in [-0.25, -0.2) is 0 Å². The summed E-state index contributed by atoms with van der Waals surface area (Å²) in [7, 11) is 1.69. The molecule has 0 aliphatic carbocycles. The Labute approximate surface area is 176 Å². The third-order valence-corrected chi connectivity index (χ3v) is 5.70. The van der Waals surface area contributed by atoms with E-state index in [0.29, 0.717) is 17.3 Å². The molecule has 0 saturated heterocycles. The van der Waals surface area contributed by atoms with Gasteiger partial charge in [-0.05, 0) is 71.5 Å². The van der Waals surface area contributed by atoms with Crippen LogP contribution in [0.4, 0.5) is 0 Å². The minimum Gasteiger partial charge on any atom is -0.496 e. The van der Waals surface area contributed by atoms with Gasteiger partial charge in [-0.1, -0.05) is 44.2 Å². The largest absolute Gasteiger partial charge is 0.496 e. The van der Waals surface area contributed by atoms with Crippen molar-refractivity contribution in [2.24, 2.45) is 0 Å². The molecule has 1 amide bonds. The standard InChI is InChI=1S/C26H27NO3/c1-15(2)20-13-21(16(3)12-24(20)29-5)17(4)27-26(28)25-14-22-19-9-7-6-8-18(19)10-11-23(22)30-25/h6-15,17H,1-5H3,(H,27,28). The van der Waals surface area contributed by atoms with Crippen LogP contribution in [0.15, 0.2) is 59.0 Å². The molecular formula is C26H27NO3. The van der Waals surface area contributed by atoms with Gasteiger partial charge in [-0.3, -0.25) is 4.79 Å². The van der Waals surface area contributed by atoms with Crippen LogP contribution in [0, 0.1) is 6.92 Å². The van der Waals surface area contributed by atoms with Crippen LogP contribution in [0.25, 0.3) is 21.7 Å². The number of fused-ring (bicyclic) bond motifs is 3. The molecule has 154 valence electrons. The molecule has 4 rings (SSSR count). The number of methoxy groups -OCH3 is 1. The number of hydrogen-bond donors (Lipinski definition) is 1. The molecule has 1 aromatic heterocycles. The van der Waals surface area contributed by atoms with Gasteiger partial charge in [0.05, 0.1) is 13.2 Å². The molecule has 0 saturated carbocycles. The summed E-state index contributed by atoms with van der Waals surface area (Å²) >= 11 is 0. The van der Waals surface area contributed by atoms with Crippen molar-refractivity contribution in [2.75, 3.05) is 7.11 Å². The lowest BCUT2D eigenvalue weighted by molar-refractivity contribution is 0.0914. The van der Waals surface area contributed by atoms with Crippen molar-refractivity contribution in [3.8, 4) is 5.75 Å². The van der Waals surface area contributed by atoms with Gasteiger partial charge in [0.1, 0.15) is 11.3 Å². The van der Waals surface area contributed by atoms with Crippen LogP contribution in [0.1, 0.15) is 60.0 Å². The van der Waals surface area contributed by atoms with Crippen molar-refractivity contribution in [1.29, 1.82) is 0 Å². The first kappa shape index (κ1) is 20.0. The zero-order valence-electron chi connectivity index (χ0n) is 18.1. The molecule has 1 unspecified atom stereocenters. The maximum Gasteiger partial charge on any atom is 0.287 e. The predicted octanol–water partition coefficient (Wildman–Crippen LogP) is 6.52. The zero-order chi connectivity index (χ0) is 21.4.